The summed E-state index contributed by atoms with van der Waals surface area (Å²) in [4.78, 5) is 59.5. The predicted molar refractivity (Wildman–Crippen MR) is 137 cm³/mol. The summed E-state index contributed by atoms with van der Waals surface area (Å²) in [6.45, 7) is 6.37. The minimum Gasteiger partial charge on any atom is -0.466 e. The van der Waals surface area contributed by atoms with Crippen LogP contribution < -0.4 is 15.8 Å². The van der Waals surface area contributed by atoms with Crippen LogP contribution in [0.1, 0.15) is 18.9 Å². The highest BCUT2D eigenvalue weighted by molar-refractivity contribution is 8.26. The van der Waals surface area contributed by atoms with E-state index in [1.807, 2.05) is 0 Å². The van der Waals surface area contributed by atoms with Crippen molar-refractivity contribution in [1.82, 2.24) is 19.6 Å². The molecule has 2 aliphatic rings. The Morgan fingerprint density at radius 2 is 2.17 bits per heavy atom. The molecule has 10 nitrogen and oxygen atoms in total. The van der Waals surface area contributed by atoms with Crippen molar-refractivity contribution in [3.63, 3.8) is 0 Å². The van der Waals surface area contributed by atoms with Crippen LogP contribution in [0.3, 0.4) is 0 Å². The van der Waals surface area contributed by atoms with Gasteiger partial charge in [-0.25, -0.2) is 4.98 Å². The quantitative estimate of drug-likeness (QED) is 0.254. The van der Waals surface area contributed by atoms with Gasteiger partial charge in [0.15, 0.2) is 0 Å². The number of amides is 2. The summed E-state index contributed by atoms with van der Waals surface area (Å²) in [5.74, 6) is -1.05. The second-order valence-corrected chi connectivity index (χ2v) is 9.35. The number of rotatable bonds is 7. The van der Waals surface area contributed by atoms with Crippen molar-refractivity contribution in [2.75, 3.05) is 31.1 Å². The molecule has 0 bridgehead atoms. The molecule has 1 atom stereocenters. The highest BCUT2D eigenvalue weighted by Gasteiger charge is 2.36. The van der Waals surface area contributed by atoms with Gasteiger partial charge in [0.05, 0.1) is 23.5 Å². The Labute approximate surface area is 210 Å². The van der Waals surface area contributed by atoms with Gasteiger partial charge in [-0.15, -0.1) is 6.58 Å². The first-order valence-electron chi connectivity index (χ1n) is 10.9. The number of ether oxygens (including phenoxy) is 1. The third kappa shape index (κ3) is 4.84. The summed E-state index contributed by atoms with van der Waals surface area (Å²) < 4.78 is 6.77. The van der Waals surface area contributed by atoms with Crippen molar-refractivity contribution in [2.24, 2.45) is 0 Å². The van der Waals surface area contributed by atoms with Crippen LogP contribution in [0, 0.1) is 0 Å². The van der Waals surface area contributed by atoms with Crippen LogP contribution in [0.15, 0.2) is 46.8 Å². The number of thiocarbonyl (C=S) groups is 1. The van der Waals surface area contributed by atoms with E-state index in [0.29, 0.717) is 23.1 Å². The SMILES string of the molecule is C=CCN1C(=O)/C(=C\c2c(N3CCNC(=O)C3CC(=O)OCC)nc3ccccn3c2=O)SC1=S. The van der Waals surface area contributed by atoms with E-state index in [2.05, 4.69) is 16.9 Å². The van der Waals surface area contributed by atoms with Crippen LogP contribution in [-0.4, -0.2) is 68.7 Å². The Morgan fingerprint density at radius 3 is 2.91 bits per heavy atom. The van der Waals surface area contributed by atoms with E-state index in [0.717, 1.165) is 11.8 Å². The molecular formula is C23H23N5O5S2. The molecule has 1 unspecified atom stereocenters. The van der Waals surface area contributed by atoms with E-state index in [1.165, 1.54) is 15.4 Å². The lowest BCUT2D eigenvalue weighted by Crippen LogP contribution is -2.57. The van der Waals surface area contributed by atoms with E-state index in [-0.39, 0.29) is 47.7 Å². The molecule has 12 heteroatoms. The average Bonchev–Trinajstić information content (AvgIpc) is 3.10. The topological polar surface area (TPSA) is 113 Å². The number of fused-ring (bicyclic) bond motifs is 1. The third-order valence-corrected chi connectivity index (χ3v) is 6.86. The average molecular weight is 514 g/mol. The van der Waals surface area contributed by atoms with Crippen molar-refractivity contribution in [3.05, 3.63) is 57.9 Å². The number of anilines is 1. The van der Waals surface area contributed by atoms with Crippen LogP contribution >= 0.6 is 24.0 Å². The molecule has 0 saturated carbocycles. The molecule has 35 heavy (non-hydrogen) atoms. The lowest BCUT2D eigenvalue weighted by Gasteiger charge is -2.36. The summed E-state index contributed by atoms with van der Waals surface area (Å²) in [6.07, 6.45) is 4.39. The normalized spacial score (nSPS) is 19.4. The molecule has 0 aliphatic carbocycles. The number of nitrogens with one attached hydrogen (secondary N) is 1. The van der Waals surface area contributed by atoms with Crippen LogP contribution in [-0.2, 0) is 19.1 Å². The third-order valence-electron chi connectivity index (χ3n) is 5.48. The standard InChI is InChI=1S/C23H23N5O5S2/c1-3-9-28-22(32)16(35-23(28)34)12-14-19(25-17-7-5-6-10-27(17)21(14)31)26-11-8-24-20(30)15(26)13-18(29)33-4-2/h3,5-7,10,12,15H,1,4,8-9,11,13H2,2H3,(H,24,30)/b16-12+. The number of esters is 1. The number of pyridine rings is 1. The van der Waals surface area contributed by atoms with E-state index < -0.39 is 17.6 Å². The Bertz CT molecular complexity index is 1320. The Balaban J connectivity index is 1.87. The fourth-order valence-corrected chi connectivity index (χ4v) is 5.16. The van der Waals surface area contributed by atoms with Gasteiger partial charge in [0.25, 0.3) is 11.5 Å². The molecular weight excluding hydrogens is 490 g/mol. The lowest BCUT2D eigenvalue weighted by molar-refractivity contribution is -0.145. The van der Waals surface area contributed by atoms with Gasteiger partial charge in [-0.1, -0.05) is 36.1 Å². The molecule has 0 spiro atoms. The van der Waals surface area contributed by atoms with E-state index in [1.54, 1.807) is 42.3 Å². The van der Waals surface area contributed by atoms with Gasteiger partial charge in [-0.3, -0.25) is 28.5 Å². The number of hydrogen-bond donors (Lipinski definition) is 1. The summed E-state index contributed by atoms with van der Waals surface area (Å²) in [5, 5.41) is 2.75. The van der Waals surface area contributed by atoms with Crippen LogP contribution in [0.4, 0.5) is 5.82 Å². The summed E-state index contributed by atoms with van der Waals surface area (Å²) >= 11 is 6.39. The molecule has 4 heterocycles. The molecule has 2 amide bonds. The number of hydrogen-bond acceptors (Lipinski definition) is 9. The summed E-state index contributed by atoms with van der Waals surface area (Å²) in [6, 6.07) is 4.18. The largest absolute Gasteiger partial charge is 0.466 e. The van der Waals surface area contributed by atoms with Gasteiger partial charge < -0.3 is 15.0 Å². The zero-order valence-electron chi connectivity index (χ0n) is 18.9. The van der Waals surface area contributed by atoms with Gasteiger partial charge in [-0.2, -0.15) is 0 Å². The molecule has 2 aliphatic heterocycles. The number of carbonyl (C=O) groups excluding carboxylic acids is 3. The highest BCUT2D eigenvalue weighted by atomic mass is 32.2. The summed E-state index contributed by atoms with van der Waals surface area (Å²) in [5.41, 5.74) is 0.0709. The van der Waals surface area contributed by atoms with Crippen LogP contribution in [0.2, 0.25) is 0 Å². The van der Waals surface area contributed by atoms with Crippen molar-refractivity contribution < 1.29 is 19.1 Å². The lowest BCUT2D eigenvalue weighted by atomic mass is 10.1. The molecule has 2 saturated heterocycles. The monoisotopic (exact) mass is 513 g/mol. The second-order valence-electron chi connectivity index (χ2n) is 7.67. The fourth-order valence-electron chi connectivity index (χ4n) is 3.90. The molecule has 2 fully saturated rings. The van der Waals surface area contributed by atoms with E-state index in [9.17, 15) is 19.2 Å². The Kier molecular flexibility index (Phi) is 7.31. The zero-order chi connectivity index (χ0) is 25.1. The molecule has 1 N–H and O–H groups in total. The maximum atomic E-state index is 13.6. The molecule has 2 aromatic rings. The smallest absolute Gasteiger partial charge is 0.308 e. The second kappa shape index (κ2) is 10.4. The predicted octanol–water partition coefficient (Wildman–Crippen LogP) is 1.34. The first-order chi connectivity index (χ1) is 16.8. The first-order valence-corrected chi connectivity index (χ1v) is 12.2. The minimum atomic E-state index is -0.928. The number of carbonyl (C=O) groups is 3. The number of nitrogens with zero attached hydrogens (tertiary/aromatic N) is 4. The Hall–Kier alpha value is -3.51. The van der Waals surface area contributed by atoms with E-state index in [4.69, 9.17) is 17.0 Å². The van der Waals surface area contributed by atoms with Crippen molar-refractivity contribution in [1.29, 1.82) is 0 Å². The molecule has 4 rings (SSSR count). The number of aromatic nitrogens is 2. The van der Waals surface area contributed by atoms with Crippen LogP contribution in [0.5, 0.6) is 0 Å². The van der Waals surface area contributed by atoms with Gasteiger partial charge in [-0.05, 0) is 25.1 Å². The van der Waals surface area contributed by atoms with Crippen molar-refractivity contribution in [2.45, 2.75) is 19.4 Å². The highest BCUT2D eigenvalue weighted by Crippen LogP contribution is 2.34. The molecule has 182 valence electrons. The van der Waals surface area contributed by atoms with Gasteiger partial charge >= 0.3 is 5.97 Å². The van der Waals surface area contributed by atoms with Crippen LogP contribution in [0.25, 0.3) is 11.7 Å². The fraction of sp³-hybridized carbons (Fsp3) is 0.304. The molecule has 0 aromatic carbocycles. The van der Waals surface area contributed by atoms with Crippen molar-refractivity contribution >= 4 is 63.6 Å². The van der Waals surface area contributed by atoms with Gasteiger partial charge in [0.2, 0.25) is 5.91 Å². The van der Waals surface area contributed by atoms with Crippen molar-refractivity contribution in [3.8, 4) is 0 Å². The zero-order valence-corrected chi connectivity index (χ0v) is 20.6. The summed E-state index contributed by atoms with van der Waals surface area (Å²) in [7, 11) is 0. The Morgan fingerprint density at radius 1 is 1.37 bits per heavy atom. The minimum absolute atomic E-state index is 0.122. The van der Waals surface area contributed by atoms with Gasteiger partial charge in [0, 0.05) is 25.8 Å². The number of thioether (sulfide) groups is 1. The maximum absolute atomic E-state index is 13.6. The molecule has 0 radical (unpaired) electrons. The number of piperazine rings is 1. The molecule has 2 aromatic heterocycles. The maximum Gasteiger partial charge on any atom is 0.308 e. The van der Waals surface area contributed by atoms with Gasteiger partial charge in [0.1, 0.15) is 21.8 Å². The first kappa shape index (κ1) is 24.6. The van der Waals surface area contributed by atoms with E-state index >= 15 is 0 Å².